The van der Waals surface area contributed by atoms with E-state index in [4.69, 9.17) is 4.74 Å². The molecule has 0 aromatic heterocycles. The van der Waals surface area contributed by atoms with Crippen LogP contribution in [0.3, 0.4) is 0 Å². The van der Waals surface area contributed by atoms with Gasteiger partial charge in [-0.05, 0) is 25.0 Å². The molecule has 0 heterocycles. The molecule has 19 heavy (non-hydrogen) atoms. The fourth-order valence-electron chi connectivity index (χ4n) is 1.08. The Morgan fingerprint density at radius 1 is 1.05 bits per heavy atom. The average molecular weight is 274 g/mol. The van der Waals surface area contributed by atoms with E-state index >= 15 is 0 Å². The second-order valence-corrected chi connectivity index (χ2v) is 3.66. The molecule has 0 fully saturated rings. The number of benzene rings is 1. The van der Waals surface area contributed by atoms with Crippen molar-refractivity contribution in [3.63, 3.8) is 0 Å². The molecular weight excluding hydrogens is 255 g/mol. The zero-order chi connectivity index (χ0) is 13.8. The molecular formula is C14H19NaO4. The van der Waals surface area contributed by atoms with Crippen LogP contribution in [0.25, 0.3) is 0 Å². The van der Waals surface area contributed by atoms with Gasteiger partial charge in [-0.3, -0.25) is 4.79 Å². The van der Waals surface area contributed by atoms with Crippen molar-refractivity contribution in [2.45, 2.75) is 39.5 Å². The summed E-state index contributed by atoms with van der Waals surface area (Å²) in [6.07, 6.45) is 2.16. The summed E-state index contributed by atoms with van der Waals surface area (Å²) in [6.45, 7) is 3.75. The third-order valence-electron chi connectivity index (χ3n) is 1.88. The van der Waals surface area contributed by atoms with Gasteiger partial charge in [0, 0.05) is 12.4 Å². The summed E-state index contributed by atoms with van der Waals surface area (Å²) in [5.41, 5.74) is 0. The molecule has 0 saturated carbocycles. The number of aliphatic carboxylic acids is 1. The Labute approximate surface area is 136 Å². The molecule has 100 valence electrons. The number of hydrogen-bond donors (Lipinski definition) is 0. The molecule has 0 atom stereocenters. The summed E-state index contributed by atoms with van der Waals surface area (Å²) in [5, 5.41) is 9.49. The normalized spacial score (nSPS) is 8.53. The number of esters is 1. The molecule has 0 unspecified atom stereocenters. The van der Waals surface area contributed by atoms with Gasteiger partial charge in [0.05, 0.1) is 0 Å². The van der Waals surface area contributed by atoms with Crippen LogP contribution in [0.5, 0.6) is 5.75 Å². The van der Waals surface area contributed by atoms with Gasteiger partial charge in [-0.1, -0.05) is 38.5 Å². The SMILES string of the molecule is CCCC(=O)Oc1ccccc1.CCCC(=O)[O-].[Na+]. The Morgan fingerprint density at radius 3 is 1.95 bits per heavy atom. The third kappa shape index (κ3) is 13.4. The predicted molar refractivity (Wildman–Crippen MR) is 66.9 cm³/mol. The van der Waals surface area contributed by atoms with Crippen LogP contribution in [-0.2, 0) is 9.59 Å². The predicted octanol–water partition coefficient (Wildman–Crippen LogP) is -1.07. The van der Waals surface area contributed by atoms with Gasteiger partial charge in [-0.15, -0.1) is 0 Å². The van der Waals surface area contributed by atoms with Crippen LogP contribution in [0, 0.1) is 0 Å². The maximum Gasteiger partial charge on any atom is 1.00 e. The van der Waals surface area contributed by atoms with Crippen LogP contribution in [0.1, 0.15) is 39.5 Å². The van der Waals surface area contributed by atoms with Crippen molar-refractivity contribution in [3.8, 4) is 5.75 Å². The zero-order valence-corrected chi connectivity index (χ0v) is 13.8. The maximum atomic E-state index is 11.0. The molecule has 0 aliphatic carbocycles. The van der Waals surface area contributed by atoms with Gasteiger partial charge >= 0.3 is 35.5 Å². The first kappa shape index (κ1) is 20.5. The first-order valence-electron chi connectivity index (χ1n) is 6.05. The Morgan fingerprint density at radius 2 is 1.58 bits per heavy atom. The van der Waals surface area contributed by atoms with Crippen molar-refractivity contribution in [1.29, 1.82) is 0 Å². The van der Waals surface area contributed by atoms with E-state index in [1.165, 1.54) is 0 Å². The molecule has 4 nitrogen and oxygen atoms in total. The number of para-hydroxylation sites is 1. The quantitative estimate of drug-likeness (QED) is 0.390. The molecule has 1 aromatic carbocycles. The second kappa shape index (κ2) is 13.6. The van der Waals surface area contributed by atoms with E-state index in [1.54, 1.807) is 19.1 Å². The van der Waals surface area contributed by atoms with Crippen LogP contribution >= 0.6 is 0 Å². The number of carbonyl (C=O) groups excluding carboxylic acids is 2. The van der Waals surface area contributed by atoms with Crippen LogP contribution in [0.15, 0.2) is 30.3 Å². The first-order chi connectivity index (χ1) is 8.60. The van der Waals surface area contributed by atoms with Crippen molar-refractivity contribution in [3.05, 3.63) is 30.3 Å². The second-order valence-electron chi connectivity index (χ2n) is 3.66. The third-order valence-corrected chi connectivity index (χ3v) is 1.88. The molecule has 0 spiro atoms. The average Bonchev–Trinajstić information content (AvgIpc) is 2.31. The minimum Gasteiger partial charge on any atom is -0.550 e. The van der Waals surface area contributed by atoms with Gasteiger partial charge in [-0.25, -0.2) is 0 Å². The molecule has 0 bridgehead atoms. The summed E-state index contributed by atoms with van der Waals surface area (Å²) in [5.74, 6) is -0.503. The number of carboxylic acid groups (broad SMARTS) is 1. The first-order valence-corrected chi connectivity index (χ1v) is 6.05. The largest absolute Gasteiger partial charge is 1.00 e. The Bertz CT molecular complexity index is 352. The minimum atomic E-state index is -0.961. The molecule has 0 aliphatic rings. The van der Waals surface area contributed by atoms with Gasteiger partial charge < -0.3 is 14.6 Å². The van der Waals surface area contributed by atoms with E-state index in [0.29, 0.717) is 18.6 Å². The van der Waals surface area contributed by atoms with E-state index in [0.717, 1.165) is 6.42 Å². The minimum absolute atomic E-state index is 0. The van der Waals surface area contributed by atoms with Crippen molar-refractivity contribution < 1.29 is 49.0 Å². The summed E-state index contributed by atoms with van der Waals surface area (Å²) >= 11 is 0. The molecule has 5 heteroatoms. The van der Waals surface area contributed by atoms with Crippen LogP contribution in [0.2, 0.25) is 0 Å². The smallest absolute Gasteiger partial charge is 0.550 e. The van der Waals surface area contributed by atoms with Crippen molar-refractivity contribution in [2.24, 2.45) is 0 Å². The summed E-state index contributed by atoms with van der Waals surface area (Å²) < 4.78 is 5.02. The van der Waals surface area contributed by atoms with Gasteiger partial charge in [0.25, 0.3) is 0 Å². The fourth-order valence-corrected chi connectivity index (χ4v) is 1.08. The van der Waals surface area contributed by atoms with E-state index in [-0.39, 0.29) is 41.9 Å². The Balaban J connectivity index is 0. The van der Waals surface area contributed by atoms with Crippen LogP contribution in [0.4, 0.5) is 0 Å². The maximum absolute atomic E-state index is 11.0. The Kier molecular flexibility index (Phi) is 14.6. The molecule has 1 rings (SSSR count). The van der Waals surface area contributed by atoms with Gasteiger partial charge in [0.15, 0.2) is 0 Å². The van der Waals surface area contributed by atoms with Crippen LogP contribution in [-0.4, -0.2) is 11.9 Å². The molecule has 0 radical (unpaired) electrons. The van der Waals surface area contributed by atoms with Crippen molar-refractivity contribution >= 4 is 11.9 Å². The van der Waals surface area contributed by atoms with E-state index in [1.807, 2.05) is 25.1 Å². The van der Waals surface area contributed by atoms with E-state index in [2.05, 4.69) is 0 Å². The van der Waals surface area contributed by atoms with Gasteiger partial charge in [-0.2, -0.15) is 0 Å². The zero-order valence-electron chi connectivity index (χ0n) is 11.8. The van der Waals surface area contributed by atoms with Crippen molar-refractivity contribution in [1.82, 2.24) is 0 Å². The summed E-state index contributed by atoms with van der Waals surface area (Å²) in [6, 6.07) is 9.11. The topological polar surface area (TPSA) is 66.4 Å². The van der Waals surface area contributed by atoms with Gasteiger partial charge in [0.1, 0.15) is 5.75 Å². The molecule has 0 N–H and O–H groups in total. The molecule has 0 saturated heterocycles. The summed E-state index contributed by atoms with van der Waals surface area (Å²) in [4.78, 5) is 20.5. The molecule has 0 aliphatic heterocycles. The number of carbonyl (C=O) groups is 2. The molecule has 1 aromatic rings. The van der Waals surface area contributed by atoms with Gasteiger partial charge in [0.2, 0.25) is 0 Å². The fraction of sp³-hybridized carbons (Fsp3) is 0.429. The number of ether oxygens (including phenoxy) is 1. The standard InChI is InChI=1S/C10H12O2.C4H8O2.Na/c1-2-6-10(11)12-9-7-4-3-5-8-9;1-2-3-4(5)6;/h3-5,7-8H,2,6H2,1H3;2-3H2,1H3,(H,5,6);/q;;+1/p-1. The van der Waals surface area contributed by atoms with Crippen LogP contribution < -0.4 is 39.4 Å². The van der Waals surface area contributed by atoms with E-state index in [9.17, 15) is 14.7 Å². The monoisotopic (exact) mass is 274 g/mol. The van der Waals surface area contributed by atoms with Crippen molar-refractivity contribution in [2.75, 3.05) is 0 Å². The molecule has 0 amide bonds. The summed E-state index contributed by atoms with van der Waals surface area (Å²) in [7, 11) is 0. The Hall–Kier alpha value is -0.840. The number of hydrogen-bond acceptors (Lipinski definition) is 4. The number of rotatable bonds is 5. The number of carboxylic acids is 1. The van der Waals surface area contributed by atoms with E-state index < -0.39 is 5.97 Å².